The van der Waals surface area contributed by atoms with Gasteiger partial charge in [0.2, 0.25) is 0 Å². The standard InChI is InChI=1S/C13H18O3/c1-13(16-12(15)7-14)10-3-8-2-9(5-10)6-11(13)4-8/h2,8,10-11,14H,3-7H2,1H3. The summed E-state index contributed by atoms with van der Waals surface area (Å²) in [5.41, 5.74) is 1.24. The van der Waals surface area contributed by atoms with Crippen molar-refractivity contribution in [3.05, 3.63) is 11.6 Å². The number of hydrogen-bond donors (Lipinski definition) is 1. The van der Waals surface area contributed by atoms with Gasteiger partial charge in [-0.1, -0.05) is 11.6 Å². The number of aliphatic hydroxyl groups excluding tert-OH is 1. The lowest BCUT2D eigenvalue weighted by Gasteiger charge is -2.55. The summed E-state index contributed by atoms with van der Waals surface area (Å²) in [4.78, 5) is 11.3. The quantitative estimate of drug-likeness (QED) is 0.571. The van der Waals surface area contributed by atoms with E-state index in [4.69, 9.17) is 9.84 Å². The van der Waals surface area contributed by atoms with Crippen LogP contribution in [0.5, 0.6) is 0 Å². The fraction of sp³-hybridized carbons (Fsp3) is 0.769. The summed E-state index contributed by atoms with van der Waals surface area (Å²) in [6, 6.07) is 0. The minimum absolute atomic E-state index is 0.325. The Balaban J connectivity index is 1.86. The number of rotatable bonds is 2. The van der Waals surface area contributed by atoms with E-state index in [0.717, 1.165) is 25.7 Å². The zero-order valence-electron chi connectivity index (χ0n) is 9.61. The zero-order valence-corrected chi connectivity index (χ0v) is 9.61. The van der Waals surface area contributed by atoms with Gasteiger partial charge >= 0.3 is 5.97 Å². The Morgan fingerprint density at radius 3 is 2.62 bits per heavy atom. The summed E-state index contributed by atoms with van der Waals surface area (Å²) in [6.07, 6.45) is 6.90. The fourth-order valence-corrected chi connectivity index (χ4v) is 3.97. The summed E-state index contributed by atoms with van der Waals surface area (Å²) in [6.45, 7) is 1.56. The van der Waals surface area contributed by atoms with E-state index in [1.165, 1.54) is 0 Å². The monoisotopic (exact) mass is 222 g/mol. The fourth-order valence-electron chi connectivity index (χ4n) is 3.97. The summed E-state index contributed by atoms with van der Waals surface area (Å²) >= 11 is 0. The summed E-state index contributed by atoms with van der Waals surface area (Å²) in [7, 11) is 0. The summed E-state index contributed by atoms with van der Waals surface area (Å²) in [5, 5.41) is 8.82. The van der Waals surface area contributed by atoms with Gasteiger partial charge in [0.1, 0.15) is 12.2 Å². The molecule has 2 unspecified atom stereocenters. The molecule has 4 bridgehead atoms. The maximum atomic E-state index is 11.3. The first-order valence-electron chi connectivity index (χ1n) is 6.14. The SMILES string of the molecule is CC1(OC(=O)CO)C2CC3=CC(C2)CC1C3. The molecule has 4 aliphatic rings. The molecule has 2 atom stereocenters. The summed E-state index contributed by atoms with van der Waals surface area (Å²) < 4.78 is 5.55. The maximum absolute atomic E-state index is 11.3. The van der Waals surface area contributed by atoms with E-state index in [0.29, 0.717) is 17.8 Å². The predicted molar refractivity (Wildman–Crippen MR) is 58.6 cm³/mol. The Labute approximate surface area is 95.5 Å². The molecule has 4 rings (SSSR count). The number of ether oxygens (including phenoxy) is 1. The van der Waals surface area contributed by atoms with Crippen LogP contribution in [0, 0.1) is 17.8 Å². The van der Waals surface area contributed by atoms with E-state index in [-0.39, 0.29) is 5.60 Å². The van der Waals surface area contributed by atoms with Crippen LogP contribution in [-0.2, 0) is 9.53 Å². The third kappa shape index (κ3) is 1.34. The van der Waals surface area contributed by atoms with Gasteiger partial charge in [-0.25, -0.2) is 4.79 Å². The molecule has 3 nitrogen and oxygen atoms in total. The van der Waals surface area contributed by atoms with Gasteiger partial charge in [-0.05, 0) is 38.5 Å². The van der Waals surface area contributed by atoms with E-state index in [2.05, 4.69) is 13.0 Å². The first-order valence-corrected chi connectivity index (χ1v) is 6.14. The van der Waals surface area contributed by atoms with E-state index in [1.807, 2.05) is 0 Å². The number of allylic oxidation sites excluding steroid dienone is 2. The number of esters is 1. The van der Waals surface area contributed by atoms with Crippen LogP contribution in [0.25, 0.3) is 0 Å². The topological polar surface area (TPSA) is 46.5 Å². The largest absolute Gasteiger partial charge is 0.457 e. The van der Waals surface area contributed by atoms with E-state index in [9.17, 15) is 4.79 Å². The zero-order chi connectivity index (χ0) is 11.3. The van der Waals surface area contributed by atoms with E-state index < -0.39 is 12.6 Å². The van der Waals surface area contributed by atoms with Crippen LogP contribution in [0.2, 0.25) is 0 Å². The minimum atomic E-state index is -0.499. The van der Waals surface area contributed by atoms with Gasteiger partial charge in [0.25, 0.3) is 0 Å². The number of hydrogen-bond acceptors (Lipinski definition) is 3. The van der Waals surface area contributed by atoms with Crippen LogP contribution in [0.4, 0.5) is 0 Å². The predicted octanol–water partition coefficient (Wildman–Crippen LogP) is 1.66. The van der Waals surface area contributed by atoms with Gasteiger partial charge in [-0.2, -0.15) is 0 Å². The highest BCUT2D eigenvalue weighted by Gasteiger charge is 2.54. The lowest BCUT2D eigenvalue weighted by atomic mass is 9.54. The van der Waals surface area contributed by atoms with Crippen molar-refractivity contribution >= 4 is 5.97 Å². The first-order chi connectivity index (χ1) is 7.61. The van der Waals surface area contributed by atoms with Gasteiger partial charge < -0.3 is 9.84 Å². The minimum Gasteiger partial charge on any atom is -0.457 e. The smallest absolute Gasteiger partial charge is 0.332 e. The number of aliphatic hydroxyl groups is 1. The van der Waals surface area contributed by atoms with Crippen LogP contribution in [0.1, 0.15) is 32.6 Å². The molecule has 0 radical (unpaired) electrons. The Hall–Kier alpha value is -0.830. The molecule has 0 heterocycles. The second kappa shape index (κ2) is 3.33. The van der Waals surface area contributed by atoms with Crippen molar-refractivity contribution in [3.8, 4) is 0 Å². The Kier molecular flexibility index (Phi) is 2.15. The molecule has 88 valence electrons. The second-order valence-electron chi connectivity index (χ2n) is 5.67. The normalized spacial score (nSPS) is 44.4. The molecule has 4 aliphatic carbocycles. The van der Waals surface area contributed by atoms with Crippen molar-refractivity contribution < 1.29 is 14.6 Å². The molecule has 0 aromatic rings. The molecule has 0 spiro atoms. The Morgan fingerprint density at radius 1 is 1.50 bits per heavy atom. The van der Waals surface area contributed by atoms with Crippen molar-refractivity contribution in [3.63, 3.8) is 0 Å². The van der Waals surface area contributed by atoms with Crippen molar-refractivity contribution in [1.82, 2.24) is 0 Å². The van der Waals surface area contributed by atoms with Crippen LogP contribution < -0.4 is 0 Å². The van der Waals surface area contributed by atoms with Crippen molar-refractivity contribution in [2.75, 3.05) is 6.61 Å². The molecule has 0 aromatic carbocycles. The van der Waals surface area contributed by atoms with Gasteiger partial charge in [0, 0.05) is 11.8 Å². The Bertz CT molecular complexity index is 340. The summed E-state index contributed by atoms with van der Waals surface area (Å²) in [5.74, 6) is 1.19. The number of carbonyl (C=O) groups is 1. The van der Waals surface area contributed by atoms with Crippen LogP contribution >= 0.6 is 0 Å². The third-order valence-electron chi connectivity index (χ3n) is 4.75. The van der Waals surface area contributed by atoms with Gasteiger partial charge in [0.15, 0.2) is 0 Å². The van der Waals surface area contributed by atoms with Gasteiger partial charge in [-0.15, -0.1) is 0 Å². The molecule has 0 aromatic heterocycles. The van der Waals surface area contributed by atoms with E-state index in [1.54, 1.807) is 5.57 Å². The van der Waals surface area contributed by atoms with Gasteiger partial charge in [-0.3, -0.25) is 0 Å². The van der Waals surface area contributed by atoms with Crippen molar-refractivity contribution in [1.29, 1.82) is 0 Å². The molecule has 0 aliphatic heterocycles. The Morgan fingerprint density at radius 2 is 2.12 bits per heavy atom. The first kappa shape index (κ1) is 10.3. The van der Waals surface area contributed by atoms with Crippen LogP contribution in [0.15, 0.2) is 11.6 Å². The highest BCUT2D eigenvalue weighted by Crippen LogP contribution is 2.56. The van der Waals surface area contributed by atoms with Gasteiger partial charge in [0.05, 0.1) is 0 Å². The molecule has 3 heteroatoms. The molecular formula is C13H18O3. The third-order valence-corrected chi connectivity index (χ3v) is 4.75. The number of carbonyl (C=O) groups excluding carboxylic acids is 1. The molecule has 2 saturated carbocycles. The lowest BCUT2D eigenvalue weighted by Crippen LogP contribution is -2.55. The molecule has 0 saturated heterocycles. The molecule has 0 amide bonds. The molecule has 2 fully saturated rings. The average molecular weight is 222 g/mol. The van der Waals surface area contributed by atoms with Crippen LogP contribution in [0.3, 0.4) is 0 Å². The van der Waals surface area contributed by atoms with Crippen LogP contribution in [-0.4, -0.2) is 23.3 Å². The maximum Gasteiger partial charge on any atom is 0.332 e. The highest BCUT2D eigenvalue weighted by atomic mass is 16.6. The molecular weight excluding hydrogens is 204 g/mol. The average Bonchev–Trinajstić information content (AvgIpc) is 2.25. The second-order valence-corrected chi connectivity index (χ2v) is 5.67. The lowest BCUT2D eigenvalue weighted by molar-refractivity contribution is -0.187. The van der Waals surface area contributed by atoms with Crippen molar-refractivity contribution in [2.45, 2.75) is 38.2 Å². The van der Waals surface area contributed by atoms with E-state index >= 15 is 0 Å². The molecule has 1 N–H and O–H groups in total. The van der Waals surface area contributed by atoms with Crippen molar-refractivity contribution in [2.24, 2.45) is 17.8 Å². The highest BCUT2D eigenvalue weighted by molar-refractivity contribution is 5.71. The molecule has 16 heavy (non-hydrogen) atoms.